The Hall–Kier alpha value is -3.54. The number of rotatable bonds is 3. The zero-order valence-electron chi connectivity index (χ0n) is 14.8. The average molecular weight is 436 g/mol. The molecule has 0 spiro atoms. The molecule has 2 heterocycles. The molecule has 30 heavy (non-hydrogen) atoms. The lowest BCUT2D eigenvalue weighted by Crippen LogP contribution is -2.29. The van der Waals surface area contributed by atoms with Gasteiger partial charge in [0.15, 0.2) is 10.9 Å². The van der Waals surface area contributed by atoms with Crippen molar-refractivity contribution < 1.29 is 32.6 Å². The quantitative estimate of drug-likeness (QED) is 0.720. The molecule has 0 aromatic heterocycles. The van der Waals surface area contributed by atoms with Gasteiger partial charge in [-0.25, -0.2) is 0 Å². The molecular weight excluding hydrogens is 425 g/mol. The van der Waals surface area contributed by atoms with Gasteiger partial charge in [-0.05, 0) is 42.5 Å². The third kappa shape index (κ3) is 3.94. The molecule has 2 aliphatic rings. The summed E-state index contributed by atoms with van der Waals surface area (Å²) < 4.78 is 41.3. The van der Waals surface area contributed by atoms with Crippen molar-refractivity contribution in [2.45, 2.75) is 6.36 Å². The van der Waals surface area contributed by atoms with Gasteiger partial charge < -0.3 is 15.2 Å². The number of hydrogen-bond donors (Lipinski definition) is 2. The zero-order valence-corrected chi connectivity index (χ0v) is 15.6. The minimum absolute atomic E-state index is 0.0212. The van der Waals surface area contributed by atoms with Crippen molar-refractivity contribution in [3.8, 4) is 11.5 Å². The molecule has 0 unspecified atom stereocenters. The monoisotopic (exact) mass is 436 g/mol. The number of hydrogen-bond acceptors (Lipinski definition) is 7. The van der Waals surface area contributed by atoms with E-state index < -0.39 is 18.0 Å². The molecule has 0 bridgehead atoms. The molecule has 0 radical (unpaired) electrons. The van der Waals surface area contributed by atoms with Crippen molar-refractivity contribution in [1.82, 2.24) is 0 Å². The van der Waals surface area contributed by atoms with Gasteiger partial charge in [0.1, 0.15) is 11.5 Å². The number of amides is 2. The van der Waals surface area contributed by atoms with E-state index in [4.69, 9.17) is 0 Å². The second-order valence-corrected chi connectivity index (χ2v) is 7.02. The van der Waals surface area contributed by atoms with Crippen molar-refractivity contribution >= 4 is 45.8 Å². The smallest absolute Gasteiger partial charge is 0.508 e. The fourth-order valence-corrected chi connectivity index (χ4v) is 3.63. The maximum atomic E-state index is 12.5. The highest BCUT2D eigenvalue weighted by atomic mass is 32.2. The van der Waals surface area contributed by atoms with Crippen LogP contribution in [-0.4, -0.2) is 39.9 Å². The molecule has 154 valence electrons. The van der Waals surface area contributed by atoms with Crippen molar-refractivity contribution in [1.29, 1.82) is 0 Å². The van der Waals surface area contributed by atoms with Gasteiger partial charge in [-0.15, -0.1) is 23.4 Å². The number of phenolic OH excluding ortho intramolecular Hbond substituents is 1. The Kier molecular flexibility index (Phi) is 4.86. The van der Waals surface area contributed by atoms with Gasteiger partial charge >= 0.3 is 6.36 Å². The summed E-state index contributed by atoms with van der Waals surface area (Å²) in [7, 11) is 0. The Labute approximate surface area is 171 Å². The van der Waals surface area contributed by atoms with E-state index in [2.05, 4.69) is 20.3 Å². The van der Waals surface area contributed by atoms with Crippen LogP contribution in [0.1, 0.15) is 5.56 Å². The molecule has 0 aliphatic carbocycles. The second kappa shape index (κ2) is 7.37. The van der Waals surface area contributed by atoms with Gasteiger partial charge in [0.05, 0.1) is 17.1 Å². The van der Waals surface area contributed by atoms with Crippen LogP contribution < -0.4 is 15.0 Å². The van der Waals surface area contributed by atoms with E-state index in [0.717, 1.165) is 23.9 Å². The Bertz CT molecular complexity index is 1100. The molecule has 12 heteroatoms. The number of fused-ring (bicyclic) bond motifs is 1. The molecule has 2 aliphatic heterocycles. The van der Waals surface area contributed by atoms with Crippen LogP contribution in [0.5, 0.6) is 11.5 Å². The number of carbonyl (C=O) groups excluding carboxylic acids is 2. The Morgan fingerprint density at radius 2 is 1.83 bits per heavy atom. The first-order valence-electron chi connectivity index (χ1n) is 8.33. The summed E-state index contributed by atoms with van der Waals surface area (Å²) >= 11 is 1.09. The lowest BCUT2D eigenvalue weighted by molar-refractivity contribution is -0.274. The molecule has 2 N–H and O–H groups in total. The van der Waals surface area contributed by atoms with Crippen molar-refractivity contribution in [3.63, 3.8) is 0 Å². The maximum absolute atomic E-state index is 12.5. The van der Waals surface area contributed by atoms with E-state index in [-0.39, 0.29) is 39.5 Å². The number of nitrogens with one attached hydrogen (secondary N) is 1. The van der Waals surface area contributed by atoms with Gasteiger partial charge in [0.2, 0.25) is 5.91 Å². The van der Waals surface area contributed by atoms with E-state index in [1.165, 1.54) is 35.2 Å². The van der Waals surface area contributed by atoms with Crippen molar-refractivity contribution in [2.75, 3.05) is 16.0 Å². The minimum atomic E-state index is -4.88. The Morgan fingerprint density at radius 3 is 2.53 bits per heavy atom. The highest BCUT2D eigenvalue weighted by Crippen LogP contribution is 2.32. The van der Waals surface area contributed by atoms with Crippen LogP contribution in [0.2, 0.25) is 0 Å². The number of halogens is 3. The number of carbonyl (C=O) groups is 2. The third-order valence-corrected chi connectivity index (χ3v) is 4.97. The van der Waals surface area contributed by atoms with Crippen LogP contribution >= 0.6 is 11.8 Å². The standard InChI is InChI=1S/C18H11F3N4O4S/c19-18(20,21)29-11-5-6-13-12(7-11)15(16(28)22-13)23-24-17-25(14(27)8-30-17)9-1-3-10(26)4-2-9/h1-7,26H,8H2,(H,22,23,28)/b24-17-. The summed E-state index contributed by atoms with van der Waals surface area (Å²) in [5, 5.41) is 19.9. The fourth-order valence-electron chi connectivity index (χ4n) is 2.81. The van der Waals surface area contributed by atoms with Crippen LogP contribution in [0.15, 0.2) is 52.7 Å². The lowest BCUT2D eigenvalue weighted by atomic mass is 10.1. The highest BCUT2D eigenvalue weighted by Gasteiger charge is 2.34. The van der Waals surface area contributed by atoms with Gasteiger partial charge in [0.25, 0.3) is 5.91 Å². The largest absolute Gasteiger partial charge is 0.573 e. The summed E-state index contributed by atoms with van der Waals surface area (Å²) in [6.07, 6.45) is -4.88. The van der Waals surface area contributed by atoms with Gasteiger partial charge in [-0.3, -0.25) is 14.5 Å². The van der Waals surface area contributed by atoms with Crippen LogP contribution in [0, 0.1) is 0 Å². The van der Waals surface area contributed by atoms with E-state index in [1.54, 1.807) is 0 Å². The molecule has 1 saturated heterocycles. The maximum Gasteiger partial charge on any atom is 0.573 e. The first-order valence-corrected chi connectivity index (χ1v) is 9.32. The molecule has 0 saturated carbocycles. The van der Waals surface area contributed by atoms with E-state index in [1.807, 2.05) is 0 Å². The third-order valence-electron chi connectivity index (χ3n) is 4.05. The van der Waals surface area contributed by atoms with Crippen molar-refractivity contribution in [2.24, 2.45) is 10.2 Å². The van der Waals surface area contributed by atoms with Gasteiger partial charge in [0, 0.05) is 5.56 Å². The normalized spacial score (nSPS) is 18.8. The number of alkyl halides is 3. The highest BCUT2D eigenvalue weighted by molar-refractivity contribution is 8.15. The lowest BCUT2D eigenvalue weighted by Gasteiger charge is -2.15. The zero-order chi connectivity index (χ0) is 21.5. The number of ether oxygens (including phenoxy) is 1. The summed E-state index contributed by atoms with van der Waals surface area (Å²) in [6, 6.07) is 9.20. The summed E-state index contributed by atoms with van der Waals surface area (Å²) in [6.45, 7) is 0. The van der Waals surface area contributed by atoms with Crippen molar-refractivity contribution in [3.05, 3.63) is 48.0 Å². The predicted octanol–water partition coefficient (Wildman–Crippen LogP) is 3.08. The van der Waals surface area contributed by atoms with Gasteiger partial charge in [-0.1, -0.05) is 11.8 Å². The molecule has 8 nitrogen and oxygen atoms in total. The van der Waals surface area contributed by atoms with E-state index >= 15 is 0 Å². The molecule has 2 amide bonds. The van der Waals surface area contributed by atoms with Crippen LogP contribution in [0.4, 0.5) is 24.5 Å². The Balaban J connectivity index is 1.67. The number of benzene rings is 2. The Morgan fingerprint density at radius 1 is 1.10 bits per heavy atom. The van der Waals surface area contributed by atoms with Crippen LogP contribution in [-0.2, 0) is 9.59 Å². The number of aromatic hydroxyl groups is 1. The van der Waals surface area contributed by atoms with E-state index in [9.17, 15) is 27.9 Å². The first kappa shape index (κ1) is 19.8. The SMILES string of the molecule is O=C1Nc2ccc(OC(F)(F)F)cc2/C1=N/N=C1\SCC(=O)N1c1ccc(O)cc1. The average Bonchev–Trinajstić information content (AvgIpc) is 3.18. The summed E-state index contributed by atoms with van der Waals surface area (Å²) in [4.78, 5) is 25.7. The molecule has 0 atom stereocenters. The number of anilines is 2. The second-order valence-electron chi connectivity index (χ2n) is 6.07. The molecule has 2 aromatic rings. The molecule has 2 aromatic carbocycles. The number of thioether (sulfide) groups is 1. The first-order chi connectivity index (χ1) is 14.2. The number of nitrogens with zero attached hydrogens (tertiary/aromatic N) is 3. The molecule has 4 rings (SSSR count). The summed E-state index contributed by atoms with van der Waals surface area (Å²) in [5.74, 6) is -1.32. The van der Waals surface area contributed by atoms with E-state index in [0.29, 0.717) is 5.69 Å². The fraction of sp³-hybridized carbons (Fsp3) is 0.111. The number of amidine groups is 1. The predicted molar refractivity (Wildman–Crippen MR) is 104 cm³/mol. The van der Waals surface area contributed by atoms with Crippen LogP contribution in [0.25, 0.3) is 0 Å². The topological polar surface area (TPSA) is 104 Å². The number of phenols is 1. The summed E-state index contributed by atoms with van der Waals surface area (Å²) in [5.41, 5.74) is 0.588. The molecule has 1 fully saturated rings. The van der Waals surface area contributed by atoms with Gasteiger partial charge in [-0.2, -0.15) is 0 Å². The molecular formula is C18H11F3N4O4S. The van der Waals surface area contributed by atoms with Crippen LogP contribution in [0.3, 0.4) is 0 Å². The minimum Gasteiger partial charge on any atom is -0.508 e.